The van der Waals surface area contributed by atoms with Gasteiger partial charge >= 0.3 is 0 Å². The van der Waals surface area contributed by atoms with Crippen LogP contribution in [0, 0.1) is 13.8 Å². The highest BCUT2D eigenvalue weighted by atomic mass is 35.5. The molecule has 0 unspecified atom stereocenters. The number of halogens is 1. The summed E-state index contributed by atoms with van der Waals surface area (Å²) >= 11 is 5.86. The van der Waals surface area contributed by atoms with Crippen LogP contribution in [0.1, 0.15) is 22.5 Å². The lowest BCUT2D eigenvalue weighted by atomic mass is 10.2. The summed E-state index contributed by atoms with van der Waals surface area (Å²) in [5.74, 6) is 0. The fourth-order valence-corrected chi connectivity index (χ4v) is 2.18. The van der Waals surface area contributed by atoms with Gasteiger partial charge in [-0.3, -0.25) is 0 Å². The Kier molecular flexibility index (Phi) is 4.10. The monoisotopic (exact) mass is 262 g/mol. The zero-order chi connectivity index (χ0) is 13.1. The molecule has 0 saturated carbocycles. The summed E-state index contributed by atoms with van der Waals surface area (Å²) in [4.78, 5) is 0. The van der Waals surface area contributed by atoms with Crippen molar-refractivity contribution in [1.82, 2.24) is 9.88 Å². The molecule has 0 bridgehead atoms. The highest BCUT2D eigenvalue weighted by molar-refractivity contribution is 6.30. The van der Waals surface area contributed by atoms with Gasteiger partial charge in [0.2, 0.25) is 0 Å². The fourth-order valence-electron chi connectivity index (χ4n) is 2.06. The largest absolute Gasteiger partial charge is 0.352 e. The molecule has 0 aliphatic rings. The standard InChI is InChI=1S/C15H19ClN2/c1-11-8-14(12(2)18(11)3)10-17-9-13-4-6-15(16)7-5-13/h4-8,17H,9-10H2,1-3H3. The number of hydrogen-bond acceptors (Lipinski definition) is 1. The number of rotatable bonds is 4. The van der Waals surface area contributed by atoms with Crippen LogP contribution >= 0.6 is 11.6 Å². The van der Waals surface area contributed by atoms with Crippen LogP contribution in [0.15, 0.2) is 30.3 Å². The number of aryl methyl sites for hydroxylation is 1. The van der Waals surface area contributed by atoms with Crippen LogP contribution in [0.3, 0.4) is 0 Å². The zero-order valence-electron chi connectivity index (χ0n) is 11.1. The van der Waals surface area contributed by atoms with E-state index in [9.17, 15) is 0 Å². The van der Waals surface area contributed by atoms with Gasteiger partial charge < -0.3 is 9.88 Å². The molecule has 1 aromatic heterocycles. The van der Waals surface area contributed by atoms with Gasteiger partial charge in [-0.1, -0.05) is 23.7 Å². The summed E-state index contributed by atoms with van der Waals surface area (Å²) < 4.78 is 2.22. The molecule has 2 rings (SSSR count). The van der Waals surface area contributed by atoms with E-state index in [-0.39, 0.29) is 0 Å². The Morgan fingerprint density at radius 2 is 1.78 bits per heavy atom. The van der Waals surface area contributed by atoms with Crippen molar-refractivity contribution in [1.29, 1.82) is 0 Å². The summed E-state index contributed by atoms with van der Waals surface area (Å²) in [5, 5.41) is 4.25. The summed E-state index contributed by atoms with van der Waals surface area (Å²) in [6.45, 7) is 6.06. The Bertz CT molecular complexity index is 526. The third-order valence-corrected chi connectivity index (χ3v) is 3.69. The molecule has 0 fully saturated rings. The lowest BCUT2D eigenvalue weighted by molar-refractivity contribution is 0.687. The van der Waals surface area contributed by atoms with E-state index < -0.39 is 0 Å². The van der Waals surface area contributed by atoms with Gasteiger partial charge in [0, 0.05) is 36.5 Å². The van der Waals surface area contributed by atoms with Crippen molar-refractivity contribution in [3.63, 3.8) is 0 Å². The summed E-state index contributed by atoms with van der Waals surface area (Å²) in [5.41, 5.74) is 5.25. The molecular formula is C15H19ClN2. The molecule has 1 N–H and O–H groups in total. The van der Waals surface area contributed by atoms with Crippen molar-refractivity contribution in [2.75, 3.05) is 0 Å². The Hall–Kier alpha value is -1.25. The second-order valence-corrected chi connectivity index (χ2v) is 5.12. The van der Waals surface area contributed by atoms with Crippen LogP contribution in [-0.4, -0.2) is 4.57 Å². The van der Waals surface area contributed by atoms with Crippen molar-refractivity contribution in [3.8, 4) is 0 Å². The predicted molar refractivity (Wildman–Crippen MR) is 76.9 cm³/mol. The van der Waals surface area contributed by atoms with E-state index in [4.69, 9.17) is 11.6 Å². The SMILES string of the molecule is Cc1cc(CNCc2ccc(Cl)cc2)c(C)n1C. The molecule has 1 heterocycles. The third-order valence-electron chi connectivity index (χ3n) is 3.44. The average Bonchev–Trinajstić information content (AvgIpc) is 2.60. The second-order valence-electron chi connectivity index (χ2n) is 4.69. The van der Waals surface area contributed by atoms with E-state index in [2.05, 4.69) is 49.0 Å². The molecule has 3 heteroatoms. The molecule has 0 amide bonds. The Morgan fingerprint density at radius 3 is 2.33 bits per heavy atom. The number of benzene rings is 1. The first-order valence-electron chi connectivity index (χ1n) is 6.15. The van der Waals surface area contributed by atoms with Crippen LogP contribution in [-0.2, 0) is 20.1 Å². The highest BCUT2D eigenvalue weighted by Crippen LogP contribution is 2.13. The van der Waals surface area contributed by atoms with Crippen LogP contribution in [0.25, 0.3) is 0 Å². The molecule has 18 heavy (non-hydrogen) atoms. The topological polar surface area (TPSA) is 17.0 Å². The lowest BCUT2D eigenvalue weighted by Crippen LogP contribution is -2.13. The Morgan fingerprint density at radius 1 is 1.11 bits per heavy atom. The second kappa shape index (κ2) is 5.59. The minimum absolute atomic E-state index is 0.785. The van der Waals surface area contributed by atoms with Gasteiger partial charge in [0.25, 0.3) is 0 Å². The Labute approximate surface area is 114 Å². The summed E-state index contributed by atoms with van der Waals surface area (Å²) in [7, 11) is 2.10. The molecule has 0 aliphatic heterocycles. The molecular weight excluding hydrogens is 244 g/mol. The highest BCUT2D eigenvalue weighted by Gasteiger charge is 2.05. The minimum Gasteiger partial charge on any atom is -0.352 e. The molecule has 0 aliphatic carbocycles. The molecule has 2 aromatic rings. The third kappa shape index (κ3) is 2.95. The van der Waals surface area contributed by atoms with Crippen molar-refractivity contribution in [2.45, 2.75) is 26.9 Å². The van der Waals surface area contributed by atoms with Crippen molar-refractivity contribution in [2.24, 2.45) is 7.05 Å². The molecule has 1 aromatic carbocycles. The maximum absolute atomic E-state index is 5.86. The van der Waals surface area contributed by atoms with Crippen LogP contribution in [0.2, 0.25) is 5.02 Å². The van der Waals surface area contributed by atoms with E-state index in [1.165, 1.54) is 22.5 Å². The predicted octanol–water partition coefficient (Wildman–Crippen LogP) is 3.59. The first kappa shape index (κ1) is 13.2. The maximum Gasteiger partial charge on any atom is 0.0406 e. The van der Waals surface area contributed by atoms with Gasteiger partial charge in [0.15, 0.2) is 0 Å². The molecule has 96 valence electrons. The summed E-state index contributed by atoms with van der Waals surface area (Å²) in [6.07, 6.45) is 0. The zero-order valence-corrected chi connectivity index (χ0v) is 11.9. The van der Waals surface area contributed by atoms with Gasteiger partial charge in [-0.25, -0.2) is 0 Å². The minimum atomic E-state index is 0.785. The van der Waals surface area contributed by atoms with E-state index >= 15 is 0 Å². The van der Waals surface area contributed by atoms with Gasteiger partial charge in [0.05, 0.1) is 0 Å². The maximum atomic E-state index is 5.86. The van der Waals surface area contributed by atoms with Crippen molar-refractivity contribution in [3.05, 3.63) is 57.9 Å². The summed E-state index contributed by atoms with van der Waals surface area (Å²) in [6, 6.07) is 10.2. The van der Waals surface area contributed by atoms with E-state index in [0.717, 1.165) is 18.1 Å². The number of aromatic nitrogens is 1. The number of nitrogens with one attached hydrogen (secondary N) is 1. The van der Waals surface area contributed by atoms with Gasteiger partial charge in [0.1, 0.15) is 0 Å². The first-order valence-corrected chi connectivity index (χ1v) is 6.52. The van der Waals surface area contributed by atoms with E-state index in [1.807, 2.05) is 12.1 Å². The van der Waals surface area contributed by atoms with Crippen molar-refractivity contribution < 1.29 is 0 Å². The van der Waals surface area contributed by atoms with E-state index in [0.29, 0.717) is 0 Å². The average molecular weight is 263 g/mol. The van der Waals surface area contributed by atoms with Crippen LogP contribution in [0.5, 0.6) is 0 Å². The molecule has 2 nitrogen and oxygen atoms in total. The lowest BCUT2D eigenvalue weighted by Gasteiger charge is -2.06. The van der Waals surface area contributed by atoms with Gasteiger partial charge in [-0.15, -0.1) is 0 Å². The van der Waals surface area contributed by atoms with Crippen LogP contribution < -0.4 is 5.32 Å². The Balaban J connectivity index is 1.92. The smallest absolute Gasteiger partial charge is 0.0406 e. The molecule has 0 saturated heterocycles. The normalized spacial score (nSPS) is 10.9. The molecule has 0 spiro atoms. The van der Waals surface area contributed by atoms with Gasteiger partial charge in [-0.2, -0.15) is 0 Å². The number of nitrogens with zero attached hydrogens (tertiary/aromatic N) is 1. The van der Waals surface area contributed by atoms with Gasteiger partial charge in [-0.05, 0) is 43.2 Å². The van der Waals surface area contributed by atoms with Crippen molar-refractivity contribution >= 4 is 11.6 Å². The van der Waals surface area contributed by atoms with Crippen LogP contribution in [0.4, 0.5) is 0 Å². The van der Waals surface area contributed by atoms with E-state index in [1.54, 1.807) is 0 Å². The quantitative estimate of drug-likeness (QED) is 0.891. The molecule has 0 radical (unpaired) electrons. The molecule has 0 atom stereocenters. The number of hydrogen-bond donors (Lipinski definition) is 1. The fraction of sp³-hybridized carbons (Fsp3) is 0.333. The first-order chi connectivity index (χ1) is 8.58.